The van der Waals surface area contributed by atoms with E-state index in [-0.39, 0.29) is 6.61 Å². The average Bonchev–Trinajstić information content (AvgIpc) is 1.96. The molecular weight excluding hydrogens is 168 g/mol. The van der Waals surface area contributed by atoms with Crippen molar-refractivity contribution in [1.82, 2.24) is 0 Å². The molecular formula is C6H12O6. The van der Waals surface area contributed by atoms with Crippen molar-refractivity contribution >= 4 is 0 Å². The summed E-state index contributed by atoms with van der Waals surface area (Å²) >= 11 is 0. The van der Waals surface area contributed by atoms with E-state index in [9.17, 15) is 5.11 Å². The molecule has 1 rings (SSSR count). The second-order valence-electron chi connectivity index (χ2n) is 3.03. The summed E-state index contributed by atoms with van der Waals surface area (Å²) in [6.07, 6.45) is -3.26. The monoisotopic (exact) mass is 180 g/mol. The zero-order valence-corrected chi connectivity index (χ0v) is 6.51. The van der Waals surface area contributed by atoms with Crippen LogP contribution in [0.25, 0.3) is 0 Å². The lowest BCUT2D eigenvalue weighted by Gasteiger charge is -2.45. The molecule has 5 N–H and O–H groups in total. The highest BCUT2D eigenvalue weighted by Crippen LogP contribution is 2.30. The van der Waals surface area contributed by atoms with Gasteiger partial charge in [0.25, 0.3) is 0 Å². The smallest absolute Gasteiger partial charge is 0.247 e. The van der Waals surface area contributed by atoms with E-state index in [0.29, 0.717) is 0 Å². The van der Waals surface area contributed by atoms with Gasteiger partial charge >= 0.3 is 0 Å². The molecule has 1 saturated heterocycles. The van der Waals surface area contributed by atoms with Gasteiger partial charge in [0.05, 0.1) is 6.61 Å². The topological polar surface area (TPSA) is 110 Å². The van der Waals surface area contributed by atoms with Crippen LogP contribution in [0.3, 0.4) is 0 Å². The summed E-state index contributed by atoms with van der Waals surface area (Å²) < 4.78 is 4.51. The Hall–Kier alpha value is -0.240. The molecule has 0 bridgehead atoms. The van der Waals surface area contributed by atoms with Gasteiger partial charge in [-0.25, -0.2) is 0 Å². The van der Waals surface area contributed by atoms with Gasteiger partial charge in [-0.3, -0.25) is 0 Å². The van der Waals surface area contributed by atoms with Crippen molar-refractivity contribution < 1.29 is 30.3 Å². The van der Waals surface area contributed by atoms with E-state index in [1.807, 2.05) is 0 Å². The third kappa shape index (κ3) is 1.22. The maximum atomic E-state index is 9.20. The Bertz CT molecular complexity index is 177. The van der Waals surface area contributed by atoms with Gasteiger partial charge in [-0.1, -0.05) is 0 Å². The summed E-state index contributed by atoms with van der Waals surface area (Å²) in [5, 5.41) is 45.4. The highest BCUT2D eigenvalue weighted by atomic mass is 16.7. The molecule has 0 aromatic heterocycles. The number of aliphatic hydroxyl groups is 5. The fourth-order valence-corrected chi connectivity index (χ4v) is 0.988. The van der Waals surface area contributed by atoms with Crippen LogP contribution in [0.5, 0.6) is 0 Å². The third-order valence-corrected chi connectivity index (χ3v) is 1.99. The molecule has 0 spiro atoms. The maximum absolute atomic E-state index is 9.20. The van der Waals surface area contributed by atoms with Crippen LogP contribution in [-0.4, -0.2) is 55.9 Å². The standard InChI is InChI=1S/C6H12O6/c1-5(9)6(10,11)4(8)3(7)2-12-5/h3-4,7-11H,2H2,1H3/t3-,4-,5-/m1/s1. The predicted molar refractivity (Wildman–Crippen MR) is 35.8 cm³/mol. The summed E-state index contributed by atoms with van der Waals surface area (Å²) in [4.78, 5) is 0. The van der Waals surface area contributed by atoms with Crippen LogP contribution >= 0.6 is 0 Å². The Balaban J connectivity index is 2.88. The minimum atomic E-state index is -2.86. The van der Waals surface area contributed by atoms with Crippen LogP contribution in [0.4, 0.5) is 0 Å². The first-order valence-corrected chi connectivity index (χ1v) is 3.46. The van der Waals surface area contributed by atoms with Crippen LogP contribution in [0, 0.1) is 0 Å². The van der Waals surface area contributed by atoms with Crippen LogP contribution < -0.4 is 0 Å². The molecule has 0 aromatic carbocycles. The van der Waals surface area contributed by atoms with Gasteiger partial charge in [0.2, 0.25) is 11.6 Å². The fraction of sp³-hybridized carbons (Fsp3) is 1.00. The van der Waals surface area contributed by atoms with Gasteiger partial charge in [-0.2, -0.15) is 0 Å². The van der Waals surface area contributed by atoms with Gasteiger partial charge in [0.1, 0.15) is 12.2 Å². The summed E-state index contributed by atoms with van der Waals surface area (Å²) in [6.45, 7) is 0.638. The summed E-state index contributed by atoms with van der Waals surface area (Å²) in [5.41, 5.74) is 0. The zero-order valence-electron chi connectivity index (χ0n) is 6.51. The van der Waals surface area contributed by atoms with E-state index < -0.39 is 23.8 Å². The van der Waals surface area contributed by atoms with E-state index in [1.165, 1.54) is 0 Å². The molecule has 1 fully saturated rings. The van der Waals surface area contributed by atoms with Gasteiger partial charge < -0.3 is 30.3 Å². The fourth-order valence-electron chi connectivity index (χ4n) is 0.988. The minimum absolute atomic E-state index is 0.350. The summed E-state index contributed by atoms with van der Waals surface area (Å²) in [7, 11) is 0. The Morgan fingerprint density at radius 3 is 2.17 bits per heavy atom. The van der Waals surface area contributed by atoms with Crippen molar-refractivity contribution in [2.24, 2.45) is 0 Å². The van der Waals surface area contributed by atoms with Crippen LogP contribution in [0.15, 0.2) is 0 Å². The van der Waals surface area contributed by atoms with Gasteiger partial charge in [0.15, 0.2) is 0 Å². The lowest BCUT2D eigenvalue weighted by molar-refractivity contribution is -0.425. The molecule has 0 radical (unpaired) electrons. The van der Waals surface area contributed by atoms with Crippen molar-refractivity contribution in [3.05, 3.63) is 0 Å². The number of ether oxygens (including phenoxy) is 1. The number of aliphatic hydroxyl groups excluding tert-OH is 2. The number of hydrogen-bond acceptors (Lipinski definition) is 6. The quantitative estimate of drug-likeness (QED) is 0.256. The lowest BCUT2D eigenvalue weighted by Crippen LogP contribution is -2.68. The molecule has 12 heavy (non-hydrogen) atoms. The second-order valence-corrected chi connectivity index (χ2v) is 3.03. The molecule has 0 aliphatic carbocycles. The third-order valence-electron chi connectivity index (χ3n) is 1.99. The minimum Gasteiger partial charge on any atom is -0.388 e. The second kappa shape index (κ2) is 2.63. The first kappa shape index (κ1) is 9.85. The number of rotatable bonds is 0. The van der Waals surface area contributed by atoms with E-state index in [2.05, 4.69) is 4.74 Å². The van der Waals surface area contributed by atoms with Gasteiger partial charge in [-0.15, -0.1) is 0 Å². The van der Waals surface area contributed by atoms with Crippen molar-refractivity contribution in [2.75, 3.05) is 6.61 Å². The molecule has 3 atom stereocenters. The van der Waals surface area contributed by atoms with Crippen molar-refractivity contribution in [3.8, 4) is 0 Å². The van der Waals surface area contributed by atoms with Crippen LogP contribution in [0.1, 0.15) is 6.92 Å². The average molecular weight is 180 g/mol. The molecule has 1 aliphatic rings. The van der Waals surface area contributed by atoms with E-state index in [0.717, 1.165) is 6.92 Å². The molecule has 1 aliphatic heterocycles. The van der Waals surface area contributed by atoms with Gasteiger partial charge in [-0.05, 0) is 6.92 Å². The molecule has 72 valence electrons. The molecule has 6 heteroatoms. The summed E-state index contributed by atoms with van der Waals surface area (Å²) in [5.74, 6) is -5.13. The van der Waals surface area contributed by atoms with E-state index in [1.54, 1.807) is 0 Å². The highest BCUT2D eigenvalue weighted by Gasteiger charge is 2.57. The maximum Gasteiger partial charge on any atom is 0.247 e. The van der Waals surface area contributed by atoms with Crippen molar-refractivity contribution in [1.29, 1.82) is 0 Å². The van der Waals surface area contributed by atoms with E-state index >= 15 is 0 Å². The lowest BCUT2D eigenvalue weighted by atomic mass is 9.94. The Morgan fingerprint density at radius 1 is 1.25 bits per heavy atom. The molecule has 1 heterocycles. The Morgan fingerprint density at radius 2 is 1.75 bits per heavy atom. The SMILES string of the molecule is C[C@@]1(O)OC[C@@H](O)[C@@H](O)C1(O)O. The molecule has 6 nitrogen and oxygen atoms in total. The van der Waals surface area contributed by atoms with Crippen LogP contribution in [-0.2, 0) is 4.74 Å². The van der Waals surface area contributed by atoms with Crippen LogP contribution in [0.2, 0.25) is 0 Å². The molecule has 0 aromatic rings. The van der Waals surface area contributed by atoms with Crippen molar-refractivity contribution in [3.63, 3.8) is 0 Å². The summed E-state index contributed by atoms with van der Waals surface area (Å²) in [6, 6.07) is 0. The molecule has 0 unspecified atom stereocenters. The van der Waals surface area contributed by atoms with E-state index in [4.69, 9.17) is 20.4 Å². The van der Waals surface area contributed by atoms with Crippen molar-refractivity contribution in [2.45, 2.75) is 30.7 Å². The Labute approximate surface area is 68.6 Å². The highest BCUT2D eigenvalue weighted by molar-refractivity contribution is 4.94. The first-order chi connectivity index (χ1) is 5.29. The Kier molecular flexibility index (Phi) is 2.15. The first-order valence-electron chi connectivity index (χ1n) is 3.46. The number of hydrogen-bond donors (Lipinski definition) is 5. The molecule has 0 amide bonds. The largest absolute Gasteiger partial charge is 0.388 e. The molecule has 0 saturated carbocycles. The zero-order chi connectivity index (χ0) is 9.57. The normalized spacial score (nSPS) is 47.5. The van der Waals surface area contributed by atoms with Gasteiger partial charge in [0, 0.05) is 0 Å². The predicted octanol–water partition coefficient (Wildman–Crippen LogP) is -2.87.